The number of carbonyl (C=O) groups is 2. The van der Waals surface area contributed by atoms with Crippen LogP contribution >= 0.6 is 0 Å². The molecule has 1 unspecified atom stereocenters. The SMILES string of the molecule is C=CCOc1cccc(C2C(=C(O)c3ccncc3)C(=O)C(=O)N2CCCN(CC)CC)c1. The van der Waals surface area contributed by atoms with Crippen LogP contribution in [0.1, 0.15) is 37.4 Å². The number of pyridine rings is 1. The van der Waals surface area contributed by atoms with Gasteiger partial charge in [-0.15, -0.1) is 0 Å². The Kier molecular flexibility index (Phi) is 8.38. The standard InChI is InChI=1S/C26H31N3O4/c1-4-17-33-21-10-7-9-20(18-21)23-22(24(30)19-11-13-27-14-12-19)25(31)26(32)29(23)16-8-15-28(5-2)6-3/h4,7,9-14,18,23,30H,1,5-6,8,15-17H2,2-3H3. The molecular formula is C26H31N3O4. The summed E-state index contributed by atoms with van der Waals surface area (Å²) >= 11 is 0. The lowest BCUT2D eigenvalue weighted by molar-refractivity contribution is -0.140. The lowest BCUT2D eigenvalue weighted by Crippen LogP contribution is -2.33. The zero-order valence-electron chi connectivity index (χ0n) is 19.2. The van der Waals surface area contributed by atoms with Gasteiger partial charge in [-0.1, -0.05) is 38.6 Å². The van der Waals surface area contributed by atoms with Gasteiger partial charge in [-0.3, -0.25) is 14.6 Å². The maximum atomic E-state index is 13.1. The van der Waals surface area contributed by atoms with Crippen molar-refractivity contribution in [2.24, 2.45) is 0 Å². The van der Waals surface area contributed by atoms with Crippen LogP contribution in [0.2, 0.25) is 0 Å². The molecule has 1 aromatic carbocycles. The Morgan fingerprint density at radius 2 is 1.94 bits per heavy atom. The van der Waals surface area contributed by atoms with Gasteiger partial charge in [-0.25, -0.2) is 0 Å². The van der Waals surface area contributed by atoms with Crippen molar-refractivity contribution >= 4 is 17.4 Å². The number of aliphatic hydroxyl groups is 1. The Morgan fingerprint density at radius 3 is 2.61 bits per heavy atom. The van der Waals surface area contributed by atoms with E-state index in [4.69, 9.17) is 4.74 Å². The van der Waals surface area contributed by atoms with Gasteiger partial charge in [0.25, 0.3) is 11.7 Å². The van der Waals surface area contributed by atoms with Crippen molar-refractivity contribution < 1.29 is 19.4 Å². The van der Waals surface area contributed by atoms with E-state index in [1.165, 1.54) is 12.4 Å². The van der Waals surface area contributed by atoms with Crippen molar-refractivity contribution in [3.63, 3.8) is 0 Å². The third-order valence-corrected chi connectivity index (χ3v) is 5.80. The van der Waals surface area contributed by atoms with Crippen molar-refractivity contribution in [2.75, 3.05) is 32.8 Å². The maximum Gasteiger partial charge on any atom is 0.295 e. The highest BCUT2D eigenvalue weighted by molar-refractivity contribution is 6.46. The van der Waals surface area contributed by atoms with Gasteiger partial charge >= 0.3 is 0 Å². The van der Waals surface area contributed by atoms with E-state index < -0.39 is 17.7 Å². The second-order valence-electron chi connectivity index (χ2n) is 7.78. The van der Waals surface area contributed by atoms with Crippen molar-refractivity contribution in [1.29, 1.82) is 0 Å². The summed E-state index contributed by atoms with van der Waals surface area (Å²) in [6.45, 7) is 11.3. The van der Waals surface area contributed by atoms with E-state index in [0.29, 0.717) is 36.4 Å². The first kappa shape index (κ1) is 24.2. The fourth-order valence-electron chi connectivity index (χ4n) is 4.06. The molecule has 0 radical (unpaired) electrons. The molecule has 1 aliphatic rings. The molecule has 1 atom stereocenters. The first-order chi connectivity index (χ1) is 16.0. The zero-order valence-corrected chi connectivity index (χ0v) is 19.2. The number of Topliss-reactive ketones (excluding diaryl/α,β-unsaturated/α-hetero) is 1. The highest BCUT2D eigenvalue weighted by Gasteiger charge is 2.45. The average Bonchev–Trinajstić information content (AvgIpc) is 3.10. The van der Waals surface area contributed by atoms with Crippen LogP contribution < -0.4 is 4.74 Å². The summed E-state index contributed by atoms with van der Waals surface area (Å²) in [6, 6.07) is 9.79. The molecule has 2 heterocycles. The van der Waals surface area contributed by atoms with Crippen molar-refractivity contribution in [3.05, 3.63) is 78.1 Å². The molecule has 1 aromatic heterocycles. The lowest BCUT2D eigenvalue weighted by atomic mass is 9.95. The second kappa shape index (κ2) is 11.4. The molecular weight excluding hydrogens is 418 g/mol. The summed E-state index contributed by atoms with van der Waals surface area (Å²) in [7, 11) is 0. The van der Waals surface area contributed by atoms with Gasteiger partial charge < -0.3 is 19.6 Å². The molecule has 1 aliphatic heterocycles. The molecule has 0 aliphatic carbocycles. The van der Waals surface area contributed by atoms with Crippen molar-refractivity contribution in [3.8, 4) is 5.75 Å². The topological polar surface area (TPSA) is 83.0 Å². The summed E-state index contributed by atoms with van der Waals surface area (Å²) in [5.74, 6) is -0.892. The minimum absolute atomic E-state index is 0.0786. The van der Waals surface area contributed by atoms with E-state index >= 15 is 0 Å². The van der Waals surface area contributed by atoms with Crippen LogP contribution in [0.25, 0.3) is 5.76 Å². The van der Waals surface area contributed by atoms with Crippen molar-refractivity contribution in [1.82, 2.24) is 14.8 Å². The smallest absolute Gasteiger partial charge is 0.295 e. The number of rotatable bonds is 11. The number of ether oxygens (including phenoxy) is 1. The molecule has 1 amide bonds. The fourth-order valence-corrected chi connectivity index (χ4v) is 4.06. The van der Waals surface area contributed by atoms with Crippen LogP contribution in [0, 0.1) is 0 Å². The number of hydrogen-bond acceptors (Lipinski definition) is 6. The first-order valence-electron chi connectivity index (χ1n) is 11.3. The van der Waals surface area contributed by atoms with Gasteiger partial charge in [-0.2, -0.15) is 0 Å². The third-order valence-electron chi connectivity index (χ3n) is 5.80. The molecule has 3 rings (SSSR count). The molecule has 0 bridgehead atoms. The number of likely N-dealkylation sites (tertiary alicyclic amines) is 1. The molecule has 1 fully saturated rings. The van der Waals surface area contributed by atoms with Gasteiger partial charge in [0, 0.05) is 24.5 Å². The Morgan fingerprint density at radius 1 is 1.21 bits per heavy atom. The normalized spacial score (nSPS) is 17.5. The number of ketones is 1. The maximum absolute atomic E-state index is 13.1. The van der Waals surface area contributed by atoms with Gasteiger partial charge in [0.05, 0.1) is 11.6 Å². The second-order valence-corrected chi connectivity index (χ2v) is 7.78. The molecule has 174 valence electrons. The number of aromatic nitrogens is 1. The number of benzene rings is 1. The van der Waals surface area contributed by atoms with Crippen LogP contribution in [0.4, 0.5) is 0 Å². The Bertz CT molecular complexity index is 1020. The first-order valence-corrected chi connectivity index (χ1v) is 11.3. The quantitative estimate of drug-likeness (QED) is 0.243. The molecule has 33 heavy (non-hydrogen) atoms. The van der Waals surface area contributed by atoms with Gasteiger partial charge in [0.15, 0.2) is 0 Å². The van der Waals surface area contributed by atoms with Crippen molar-refractivity contribution in [2.45, 2.75) is 26.3 Å². The summed E-state index contributed by atoms with van der Waals surface area (Å²) < 4.78 is 5.67. The number of aliphatic hydroxyl groups excluding tert-OH is 1. The molecule has 7 nitrogen and oxygen atoms in total. The van der Waals surface area contributed by atoms with E-state index in [0.717, 1.165) is 19.6 Å². The summed E-state index contributed by atoms with van der Waals surface area (Å²) in [4.78, 5) is 34.0. The number of amides is 1. The summed E-state index contributed by atoms with van der Waals surface area (Å²) in [6.07, 6.45) is 5.44. The minimum atomic E-state index is -0.706. The van der Waals surface area contributed by atoms with E-state index in [1.807, 2.05) is 18.2 Å². The number of carbonyl (C=O) groups excluding carboxylic acids is 2. The van der Waals surface area contributed by atoms with Gasteiger partial charge in [0.2, 0.25) is 0 Å². The van der Waals surface area contributed by atoms with Crippen LogP contribution in [0.3, 0.4) is 0 Å². The Hall–Kier alpha value is -3.45. The zero-order chi connectivity index (χ0) is 23.8. The van der Waals surface area contributed by atoms with E-state index in [-0.39, 0.29) is 11.3 Å². The summed E-state index contributed by atoms with van der Waals surface area (Å²) in [5.41, 5.74) is 1.22. The Balaban J connectivity index is 2.02. The Labute approximate surface area is 195 Å². The third kappa shape index (κ3) is 5.49. The van der Waals surface area contributed by atoms with E-state index in [9.17, 15) is 14.7 Å². The van der Waals surface area contributed by atoms with Gasteiger partial charge in [-0.05, 0) is 55.9 Å². The number of hydrogen-bond donors (Lipinski definition) is 1. The monoisotopic (exact) mass is 449 g/mol. The average molecular weight is 450 g/mol. The highest BCUT2D eigenvalue weighted by atomic mass is 16.5. The largest absolute Gasteiger partial charge is 0.507 e. The van der Waals surface area contributed by atoms with Crippen LogP contribution in [0.5, 0.6) is 5.75 Å². The van der Waals surface area contributed by atoms with Crippen LogP contribution in [-0.4, -0.2) is 64.4 Å². The highest BCUT2D eigenvalue weighted by Crippen LogP contribution is 2.40. The molecule has 0 spiro atoms. The molecule has 1 N–H and O–H groups in total. The van der Waals surface area contributed by atoms with Gasteiger partial charge in [0.1, 0.15) is 18.1 Å². The summed E-state index contributed by atoms with van der Waals surface area (Å²) in [5, 5.41) is 11.1. The van der Waals surface area contributed by atoms with Crippen LogP contribution in [-0.2, 0) is 9.59 Å². The van der Waals surface area contributed by atoms with Crippen LogP contribution in [0.15, 0.2) is 67.0 Å². The lowest BCUT2D eigenvalue weighted by Gasteiger charge is -2.27. The minimum Gasteiger partial charge on any atom is -0.507 e. The molecule has 1 saturated heterocycles. The predicted molar refractivity (Wildman–Crippen MR) is 128 cm³/mol. The number of nitrogens with zero attached hydrogens (tertiary/aromatic N) is 3. The molecule has 0 saturated carbocycles. The molecule has 2 aromatic rings. The molecule has 7 heteroatoms. The van der Waals surface area contributed by atoms with E-state index in [1.54, 1.807) is 29.2 Å². The fraction of sp³-hybridized carbons (Fsp3) is 0.346. The van der Waals surface area contributed by atoms with E-state index in [2.05, 4.69) is 30.3 Å². The predicted octanol–water partition coefficient (Wildman–Crippen LogP) is 3.80.